The van der Waals surface area contributed by atoms with E-state index in [0.717, 1.165) is 32.4 Å². The van der Waals surface area contributed by atoms with Gasteiger partial charge in [0.2, 0.25) is 4.96 Å². The molecule has 0 aliphatic heterocycles. The smallest absolute Gasteiger partial charge is 0.235 e. The molecule has 5 aromatic rings. The molecule has 0 aliphatic carbocycles. The Morgan fingerprint density at radius 1 is 0.964 bits per heavy atom. The number of fused-ring (bicyclic) bond motifs is 1. The maximum atomic E-state index is 6.32. The van der Waals surface area contributed by atoms with Crippen LogP contribution in [0.1, 0.15) is 5.76 Å². The number of halogens is 2. The van der Waals surface area contributed by atoms with Crippen LogP contribution in [0.5, 0.6) is 0 Å². The van der Waals surface area contributed by atoms with E-state index in [0.29, 0.717) is 21.6 Å². The second-order valence-corrected chi connectivity index (χ2v) is 8.00. The van der Waals surface area contributed by atoms with Gasteiger partial charge in [-0.2, -0.15) is 9.61 Å². The normalized spacial score (nSPS) is 11.4. The Labute approximate surface area is 174 Å². The lowest BCUT2D eigenvalue weighted by atomic mass is 10.1. The number of aromatic nitrogens is 4. The number of furan rings is 1. The lowest BCUT2D eigenvalue weighted by Gasteiger charge is -2.00. The van der Waals surface area contributed by atoms with Crippen molar-refractivity contribution in [3.05, 3.63) is 70.4 Å². The molecule has 28 heavy (non-hydrogen) atoms. The SMILES string of the molecule is Cc1oc(-c2cc(Cl)ccc2Cl)cc1-c1nn2c(-c3ccccc3)nnc2s1. The van der Waals surface area contributed by atoms with Crippen LogP contribution < -0.4 is 0 Å². The Hall–Kier alpha value is -2.67. The van der Waals surface area contributed by atoms with Gasteiger partial charge in [0.25, 0.3) is 0 Å². The predicted molar refractivity (Wildman–Crippen MR) is 112 cm³/mol. The molecule has 138 valence electrons. The van der Waals surface area contributed by atoms with E-state index in [2.05, 4.69) is 10.2 Å². The predicted octanol–water partition coefficient (Wildman–Crippen LogP) is 6.40. The van der Waals surface area contributed by atoms with Crippen LogP contribution in [0.3, 0.4) is 0 Å². The highest BCUT2D eigenvalue weighted by Crippen LogP contribution is 2.38. The maximum absolute atomic E-state index is 6.32. The molecule has 0 atom stereocenters. The summed E-state index contributed by atoms with van der Waals surface area (Å²) in [5.74, 6) is 2.10. The third-order valence-corrected chi connectivity index (χ3v) is 5.86. The average Bonchev–Trinajstić information content (AvgIpc) is 3.38. The Balaban J connectivity index is 1.61. The van der Waals surface area contributed by atoms with Gasteiger partial charge in [-0.1, -0.05) is 64.9 Å². The Kier molecular flexibility index (Phi) is 4.19. The summed E-state index contributed by atoms with van der Waals surface area (Å²) in [6.45, 7) is 1.90. The first-order valence-electron chi connectivity index (χ1n) is 8.44. The summed E-state index contributed by atoms with van der Waals surface area (Å²) in [7, 11) is 0. The van der Waals surface area contributed by atoms with Crippen LogP contribution in [-0.4, -0.2) is 19.8 Å². The minimum absolute atomic E-state index is 0.578. The number of benzene rings is 2. The van der Waals surface area contributed by atoms with Crippen LogP contribution in [0.2, 0.25) is 10.0 Å². The molecule has 0 saturated carbocycles. The highest BCUT2D eigenvalue weighted by molar-refractivity contribution is 7.19. The molecule has 0 bridgehead atoms. The first-order valence-corrected chi connectivity index (χ1v) is 10.0. The lowest BCUT2D eigenvalue weighted by molar-refractivity contribution is 0.549. The maximum Gasteiger partial charge on any atom is 0.235 e. The summed E-state index contributed by atoms with van der Waals surface area (Å²) >= 11 is 13.9. The zero-order valence-electron chi connectivity index (χ0n) is 14.6. The van der Waals surface area contributed by atoms with E-state index in [-0.39, 0.29) is 0 Å². The standard InChI is InChI=1S/C20H12Cl2N4OS/c1-11-14(10-17(27-11)15-9-13(21)7-8-16(15)22)19-25-26-18(23-24-20(26)28-19)12-5-3-2-4-6-12/h2-10H,1H3. The number of nitrogens with zero attached hydrogens (tertiary/aromatic N) is 4. The van der Waals surface area contributed by atoms with Crippen molar-refractivity contribution in [2.24, 2.45) is 0 Å². The average molecular weight is 427 g/mol. The van der Waals surface area contributed by atoms with Gasteiger partial charge in [-0.15, -0.1) is 10.2 Å². The fraction of sp³-hybridized carbons (Fsp3) is 0.0500. The summed E-state index contributed by atoms with van der Waals surface area (Å²) < 4.78 is 7.71. The van der Waals surface area contributed by atoms with E-state index < -0.39 is 0 Å². The number of hydrogen-bond acceptors (Lipinski definition) is 5. The molecule has 3 heterocycles. The lowest BCUT2D eigenvalue weighted by Crippen LogP contribution is -1.90. The molecule has 0 saturated heterocycles. The van der Waals surface area contributed by atoms with Crippen LogP contribution in [0.15, 0.2) is 59.0 Å². The number of hydrogen-bond donors (Lipinski definition) is 0. The largest absolute Gasteiger partial charge is 0.461 e. The van der Waals surface area contributed by atoms with Crippen molar-refractivity contribution in [3.8, 4) is 33.3 Å². The van der Waals surface area contributed by atoms with Crippen molar-refractivity contribution in [2.45, 2.75) is 6.92 Å². The molecule has 0 spiro atoms. The summed E-state index contributed by atoms with van der Waals surface area (Å²) in [5.41, 5.74) is 2.60. The number of aryl methyl sites for hydroxylation is 1. The van der Waals surface area contributed by atoms with Gasteiger partial charge in [-0.05, 0) is 31.2 Å². The molecule has 2 aromatic carbocycles. The Morgan fingerprint density at radius 2 is 1.79 bits per heavy atom. The Bertz CT molecular complexity index is 1310. The molecule has 0 N–H and O–H groups in total. The van der Waals surface area contributed by atoms with Gasteiger partial charge in [-0.3, -0.25) is 0 Å². The van der Waals surface area contributed by atoms with Crippen LogP contribution in [0.25, 0.3) is 38.2 Å². The third-order valence-electron chi connectivity index (χ3n) is 4.36. The van der Waals surface area contributed by atoms with Crippen molar-refractivity contribution in [1.82, 2.24) is 19.8 Å². The highest BCUT2D eigenvalue weighted by atomic mass is 35.5. The zero-order valence-corrected chi connectivity index (χ0v) is 16.9. The quantitative estimate of drug-likeness (QED) is 0.335. The van der Waals surface area contributed by atoms with E-state index in [1.807, 2.05) is 43.3 Å². The molecule has 0 unspecified atom stereocenters. The first kappa shape index (κ1) is 17.4. The summed E-state index contributed by atoms with van der Waals surface area (Å²) in [6.07, 6.45) is 0. The summed E-state index contributed by atoms with van der Waals surface area (Å²) in [5, 5.41) is 15.2. The minimum Gasteiger partial charge on any atom is -0.461 e. The molecule has 0 fully saturated rings. The zero-order chi connectivity index (χ0) is 19.3. The van der Waals surface area contributed by atoms with E-state index >= 15 is 0 Å². The van der Waals surface area contributed by atoms with E-state index in [1.165, 1.54) is 11.3 Å². The van der Waals surface area contributed by atoms with Crippen molar-refractivity contribution >= 4 is 39.5 Å². The van der Waals surface area contributed by atoms with Crippen molar-refractivity contribution < 1.29 is 4.42 Å². The van der Waals surface area contributed by atoms with Crippen LogP contribution in [-0.2, 0) is 0 Å². The molecule has 0 radical (unpaired) electrons. The summed E-state index contributed by atoms with van der Waals surface area (Å²) in [6, 6.07) is 17.1. The second kappa shape index (κ2) is 6.74. The van der Waals surface area contributed by atoms with E-state index in [4.69, 9.17) is 32.7 Å². The number of rotatable bonds is 3. The fourth-order valence-corrected chi connectivity index (χ4v) is 4.29. The van der Waals surface area contributed by atoms with Gasteiger partial charge in [0.15, 0.2) is 10.8 Å². The van der Waals surface area contributed by atoms with E-state index in [1.54, 1.807) is 22.7 Å². The van der Waals surface area contributed by atoms with Gasteiger partial charge >= 0.3 is 0 Å². The molecule has 0 amide bonds. The van der Waals surface area contributed by atoms with Gasteiger partial charge in [0.05, 0.1) is 10.6 Å². The van der Waals surface area contributed by atoms with Gasteiger partial charge in [-0.25, -0.2) is 0 Å². The van der Waals surface area contributed by atoms with Crippen LogP contribution in [0, 0.1) is 6.92 Å². The molecule has 8 heteroatoms. The molecule has 3 aromatic heterocycles. The van der Waals surface area contributed by atoms with Gasteiger partial charge in [0.1, 0.15) is 11.5 Å². The third kappa shape index (κ3) is 2.90. The Morgan fingerprint density at radius 3 is 2.61 bits per heavy atom. The minimum atomic E-state index is 0.578. The van der Waals surface area contributed by atoms with Crippen LogP contribution in [0.4, 0.5) is 0 Å². The molecule has 5 nitrogen and oxygen atoms in total. The van der Waals surface area contributed by atoms with Crippen molar-refractivity contribution in [1.29, 1.82) is 0 Å². The van der Waals surface area contributed by atoms with Gasteiger partial charge < -0.3 is 4.42 Å². The molecule has 5 rings (SSSR count). The molecular weight excluding hydrogens is 415 g/mol. The summed E-state index contributed by atoms with van der Waals surface area (Å²) in [4.78, 5) is 0.719. The van der Waals surface area contributed by atoms with E-state index in [9.17, 15) is 0 Å². The highest BCUT2D eigenvalue weighted by Gasteiger charge is 2.19. The van der Waals surface area contributed by atoms with Crippen molar-refractivity contribution in [3.63, 3.8) is 0 Å². The van der Waals surface area contributed by atoms with Crippen LogP contribution >= 0.6 is 34.5 Å². The fourth-order valence-electron chi connectivity index (χ4n) is 3.01. The molecule has 0 aliphatic rings. The molecular formula is C20H12Cl2N4OS. The second-order valence-electron chi connectivity index (χ2n) is 6.20. The topological polar surface area (TPSA) is 56.2 Å². The van der Waals surface area contributed by atoms with Crippen molar-refractivity contribution in [2.75, 3.05) is 0 Å². The monoisotopic (exact) mass is 426 g/mol. The van der Waals surface area contributed by atoms with Gasteiger partial charge in [0, 0.05) is 16.1 Å². The first-order chi connectivity index (χ1) is 13.6.